The zero-order valence-electron chi connectivity index (χ0n) is 12.8. The van der Waals surface area contributed by atoms with Gasteiger partial charge in [-0.2, -0.15) is 26.3 Å². The fraction of sp³-hybridized carbons (Fsp3) is 0.176. The second-order valence-corrected chi connectivity index (χ2v) is 5.48. The monoisotopic (exact) mass is 372 g/mol. The van der Waals surface area contributed by atoms with Crippen molar-refractivity contribution in [3.8, 4) is 0 Å². The van der Waals surface area contributed by atoms with Gasteiger partial charge < -0.3 is 9.69 Å². The Morgan fingerprint density at radius 2 is 1.77 bits per heavy atom. The zero-order chi connectivity index (χ0) is 19.1. The molecule has 2 heterocycles. The molecule has 0 saturated heterocycles. The topological polar surface area (TPSA) is 33.2 Å². The van der Waals surface area contributed by atoms with Gasteiger partial charge in [0.2, 0.25) is 0 Å². The van der Waals surface area contributed by atoms with E-state index in [2.05, 4.69) is 4.98 Å². The number of hydrogen-bond acceptors (Lipinski definition) is 3. The van der Waals surface area contributed by atoms with Gasteiger partial charge in [-0.1, -0.05) is 24.3 Å². The molecule has 1 aromatic carbocycles. The van der Waals surface area contributed by atoms with Crippen molar-refractivity contribution in [3.05, 3.63) is 60.0 Å². The van der Waals surface area contributed by atoms with Crippen LogP contribution in [0.2, 0.25) is 0 Å². The maximum Gasteiger partial charge on any atom is 0.433 e. The summed E-state index contributed by atoms with van der Waals surface area (Å²) in [4.78, 5) is 15.6. The Hall–Kier alpha value is -2.84. The van der Waals surface area contributed by atoms with Gasteiger partial charge in [0.1, 0.15) is 18.0 Å². The highest BCUT2D eigenvalue weighted by molar-refractivity contribution is 5.96. The molecule has 2 aromatic rings. The molecule has 3 rings (SSSR count). The molecule has 1 aliphatic heterocycles. The first-order valence-corrected chi connectivity index (χ1v) is 7.29. The Labute approximate surface area is 143 Å². The highest BCUT2D eigenvalue weighted by Gasteiger charge is 2.38. The van der Waals surface area contributed by atoms with E-state index in [-0.39, 0.29) is 11.1 Å². The summed E-state index contributed by atoms with van der Waals surface area (Å²) in [6.07, 6.45) is -3.62. The molecule has 0 radical (unpaired) electrons. The van der Waals surface area contributed by atoms with Gasteiger partial charge in [0.05, 0.1) is 16.8 Å². The molecule has 0 aliphatic carbocycles. The third kappa shape index (κ3) is 3.16. The SMILES string of the molecule is O=CC1C=CC=CN1c1cc(C(F)(F)F)nc2c(C(F)(F)F)cccc12. The summed E-state index contributed by atoms with van der Waals surface area (Å²) < 4.78 is 79.4. The van der Waals surface area contributed by atoms with Crippen LogP contribution in [0.3, 0.4) is 0 Å². The molecule has 26 heavy (non-hydrogen) atoms. The van der Waals surface area contributed by atoms with Gasteiger partial charge in [0, 0.05) is 11.6 Å². The van der Waals surface area contributed by atoms with E-state index in [0.29, 0.717) is 18.4 Å². The quantitative estimate of drug-likeness (QED) is 0.565. The first kappa shape index (κ1) is 18.0. The molecule has 1 unspecified atom stereocenters. The number of benzene rings is 1. The number of rotatable bonds is 2. The van der Waals surface area contributed by atoms with E-state index in [4.69, 9.17) is 0 Å². The van der Waals surface area contributed by atoms with Crippen LogP contribution in [0.1, 0.15) is 11.3 Å². The van der Waals surface area contributed by atoms with E-state index in [1.807, 2.05) is 0 Å². The van der Waals surface area contributed by atoms with Gasteiger partial charge >= 0.3 is 12.4 Å². The number of nitrogens with zero attached hydrogens (tertiary/aromatic N) is 2. The molecule has 1 atom stereocenters. The Balaban J connectivity index is 2.36. The summed E-state index contributed by atoms with van der Waals surface area (Å²) >= 11 is 0. The lowest BCUT2D eigenvalue weighted by molar-refractivity contribution is -0.142. The number of carbonyl (C=O) groups is 1. The molecular formula is C17H10F6N2O. The summed E-state index contributed by atoms with van der Waals surface area (Å²) in [5, 5.41) is -0.139. The van der Waals surface area contributed by atoms with Crippen LogP contribution < -0.4 is 4.90 Å². The van der Waals surface area contributed by atoms with Crippen molar-refractivity contribution >= 4 is 22.9 Å². The number of hydrogen-bond donors (Lipinski definition) is 0. The highest BCUT2D eigenvalue weighted by Crippen LogP contribution is 2.40. The van der Waals surface area contributed by atoms with Crippen LogP contribution >= 0.6 is 0 Å². The predicted molar refractivity (Wildman–Crippen MR) is 82.4 cm³/mol. The van der Waals surface area contributed by atoms with Crippen LogP contribution in [-0.4, -0.2) is 17.3 Å². The van der Waals surface area contributed by atoms with Gasteiger partial charge in [0.25, 0.3) is 0 Å². The van der Waals surface area contributed by atoms with Crippen LogP contribution in [0.4, 0.5) is 32.0 Å². The van der Waals surface area contributed by atoms with Gasteiger partial charge in [-0.15, -0.1) is 0 Å². The fourth-order valence-electron chi connectivity index (χ4n) is 2.68. The lowest BCUT2D eigenvalue weighted by Crippen LogP contribution is -2.32. The summed E-state index contributed by atoms with van der Waals surface area (Å²) in [5.74, 6) is 0. The van der Waals surface area contributed by atoms with E-state index in [0.717, 1.165) is 6.07 Å². The molecule has 0 spiro atoms. The molecule has 0 saturated carbocycles. The average Bonchev–Trinajstić information content (AvgIpc) is 2.58. The number of aromatic nitrogens is 1. The normalized spacial score (nSPS) is 17.8. The largest absolute Gasteiger partial charge is 0.433 e. The van der Waals surface area contributed by atoms with E-state index < -0.39 is 35.2 Å². The Kier molecular flexibility index (Phi) is 4.25. The Morgan fingerprint density at radius 3 is 2.38 bits per heavy atom. The Bertz CT molecular complexity index is 914. The maximum atomic E-state index is 13.2. The highest BCUT2D eigenvalue weighted by atomic mass is 19.4. The van der Waals surface area contributed by atoms with Crippen molar-refractivity contribution in [2.45, 2.75) is 18.4 Å². The third-order valence-corrected chi connectivity index (χ3v) is 3.82. The number of carbonyl (C=O) groups excluding carboxylic acids is 1. The van der Waals surface area contributed by atoms with Crippen molar-refractivity contribution in [2.24, 2.45) is 0 Å². The standard InChI is InChI=1S/C17H10F6N2O/c18-16(19,20)12-6-3-5-11-13(25-7-2-1-4-10(25)9-26)8-14(17(21,22)23)24-15(11)12/h1-10H. The smallest absolute Gasteiger partial charge is 0.334 e. The average molecular weight is 372 g/mol. The van der Waals surface area contributed by atoms with Crippen molar-refractivity contribution in [1.82, 2.24) is 4.98 Å². The van der Waals surface area contributed by atoms with Crippen molar-refractivity contribution < 1.29 is 31.1 Å². The minimum absolute atomic E-state index is 0.139. The van der Waals surface area contributed by atoms with Crippen LogP contribution in [0, 0.1) is 0 Å². The number of halogens is 6. The second kappa shape index (κ2) is 6.15. The molecule has 136 valence electrons. The molecular weight excluding hydrogens is 362 g/mol. The molecule has 0 bridgehead atoms. The predicted octanol–water partition coefficient (Wildman–Crippen LogP) is 4.73. The van der Waals surface area contributed by atoms with E-state index in [1.165, 1.54) is 35.4 Å². The van der Waals surface area contributed by atoms with Crippen molar-refractivity contribution in [2.75, 3.05) is 4.90 Å². The van der Waals surface area contributed by atoms with Gasteiger partial charge in [0.15, 0.2) is 0 Å². The van der Waals surface area contributed by atoms with Crippen LogP contribution in [-0.2, 0) is 17.1 Å². The van der Waals surface area contributed by atoms with Gasteiger partial charge in [-0.25, -0.2) is 4.98 Å². The third-order valence-electron chi connectivity index (χ3n) is 3.82. The minimum atomic E-state index is -4.95. The number of aldehydes is 1. The van der Waals surface area contributed by atoms with E-state index in [1.54, 1.807) is 0 Å². The number of para-hydroxylation sites is 1. The van der Waals surface area contributed by atoms with Crippen LogP contribution in [0.5, 0.6) is 0 Å². The van der Waals surface area contributed by atoms with E-state index in [9.17, 15) is 31.1 Å². The number of pyridine rings is 1. The van der Waals surface area contributed by atoms with Gasteiger partial charge in [-0.05, 0) is 18.2 Å². The number of alkyl halides is 6. The lowest BCUT2D eigenvalue weighted by atomic mass is 10.0. The first-order chi connectivity index (χ1) is 12.1. The van der Waals surface area contributed by atoms with Gasteiger partial charge in [-0.3, -0.25) is 0 Å². The molecule has 0 fully saturated rings. The minimum Gasteiger partial charge on any atom is -0.334 e. The maximum absolute atomic E-state index is 13.2. The zero-order valence-corrected chi connectivity index (χ0v) is 12.8. The molecule has 0 amide bonds. The number of allylic oxidation sites excluding steroid dienone is 2. The van der Waals surface area contributed by atoms with Crippen LogP contribution in [0.25, 0.3) is 10.9 Å². The molecule has 0 N–H and O–H groups in total. The number of fused-ring (bicyclic) bond motifs is 1. The van der Waals surface area contributed by atoms with Crippen LogP contribution in [0.15, 0.2) is 48.7 Å². The van der Waals surface area contributed by atoms with Crippen molar-refractivity contribution in [3.63, 3.8) is 0 Å². The summed E-state index contributed by atoms with van der Waals surface area (Å²) in [5.41, 5.74) is -3.76. The Morgan fingerprint density at radius 1 is 1.04 bits per heavy atom. The lowest BCUT2D eigenvalue weighted by Gasteiger charge is -2.28. The number of anilines is 1. The second-order valence-electron chi connectivity index (χ2n) is 5.48. The molecule has 1 aromatic heterocycles. The summed E-state index contributed by atoms with van der Waals surface area (Å²) in [6.45, 7) is 0. The fourth-order valence-corrected chi connectivity index (χ4v) is 2.68. The summed E-state index contributed by atoms with van der Waals surface area (Å²) in [6, 6.07) is 2.69. The first-order valence-electron chi connectivity index (χ1n) is 7.29. The van der Waals surface area contributed by atoms with Crippen molar-refractivity contribution in [1.29, 1.82) is 0 Å². The molecule has 3 nitrogen and oxygen atoms in total. The molecule has 1 aliphatic rings. The van der Waals surface area contributed by atoms with E-state index >= 15 is 0 Å². The summed E-state index contributed by atoms with van der Waals surface area (Å²) in [7, 11) is 0. The molecule has 9 heteroatoms.